The summed E-state index contributed by atoms with van der Waals surface area (Å²) in [5.41, 5.74) is 0. The number of aliphatic hydroxyl groups is 1. The molecule has 0 bridgehead atoms. The lowest BCUT2D eigenvalue weighted by Gasteiger charge is -2.15. The normalized spacial score (nSPS) is 15.8. The average molecular weight is 306 g/mol. The van der Waals surface area contributed by atoms with Crippen LogP contribution in [0.1, 0.15) is 6.92 Å². The largest absolute Gasteiger partial charge is 0.491 e. The van der Waals surface area contributed by atoms with Crippen LogP contribution in [0.5, 0.6) is 5.75 Å². The lowest BCUT2D eigenvalue weighted by molar-refractivity contribution is 0.106. The quantitative estimate of drug-likeness (QED) is 0.763. The highest BCUT2D eigenvalue weighted by Crippen LogP contribution is 2.17. The van der Waals surface area contributed by atoms with Crippen LogP contribution >= 0.6 is 11.6 Å². The fourth-order valence-corrected chi connectivity index (χ4v) is 1.91. The highest BCUT2D eigenvalue weighted by atomic mass is 35.5. The maximum absolute atomic E-state index is 11.1. The van der Waals surface area contributed by atoms with Crippen LogP contribution < -0.4 is 10.1 Å². The Morgan fingerprint density at radius 2 is 2.21 bits per heavy atom. The minimum absolute atomic E-state index is 0.0704. The summed E-state index contributed by atoms with van der Waals surface area (Å²) in [4.78, 5) is 0. The second-order valence-electron chi connectivity index (χ2n) is 4.39. The van der Waals surface area contributed by atoms with E-state index in [1.54, 1.807) is 30.5 Å². The van der Waals surface area contributed by atoms with Crippen molar-refractivity contribution in [2.45, 2.75) is 18.3 Å². The van der Waals surface area contributed by atoms with Gasteiger partial charge in [0.25, 0.3) is 0 Å². The fraction of sp³-hybridized carbons (Fsp3) is 0.538. The third kappa shape index (κ3) is 6.92. The zero-order valence-electron chi connectivity index (χ0n) is 11.1. The molecule has 0 aliphatic rings. The molecule has 0 amide bonds. The SMILES string of the molecule is CC(CNCC(O)COc1cccc(Cl)c1)S(C)=O. The Labute approximate surface area is 121 Å². The Morgan fingerprint density at radius 3 is 2.84 bits per heavy atom. The molecule has 0 fully saturated rings. The first-order valence-corrected chi connectivity index (χ1v) is 8.08. The molecule has 108 valence electrons. The maximum Gasteiger partial charge on any atom is 0.120 e. The molecule has 3 unspecified atom stereocenters. The summed E-state index contributed by atoms with van der Waals surface area (Å²) >= 11 is 5.82. The number of nitrogens with one attached hydrogen (secondary N) is 1. The Kier molecular flexibility index (Phi) is 7.38. The molecule has 0 heterocycles. The van der Waals surface area contributed by atoms with E-state index in [0.29, 0.717) is 23.9 Å². The summed E-state index contributed by atoms with van der Waals surface area (Å²) in [7, 11) is -0.851. The summed E-state index contributed by atoms with van der Waals surface area (Å²) in [6.07, 6.45) is 1.06. The molecular weight excluding hydrogens is 286 g/mol. The zero-order valence-corrected chi connectivity index (χ0v) is 12.7. The second-order valence-corrected chi connectivity index (χ2v) is 6.63. The highest BCUT2D eigenvalue weighted by molar-refractivity contribution is 7.84. The number of aliphatic hydroxyl groups excluding tert-OH is 1. The third-order valence-electron chi connectivity index (χ3n) is 2.62. The van der Waals surface area contributed by atoms with Gasteiger partial charge >= 0.3 is 0 Å². The molecule has 0 saturated carbocycles. The summed E-state index contributed by atoms with van der Waals surface area (Å²) in [6.45, 7) is 3.11. The van der Waals surface area contributed by atoms with E-state index in [9.17, 15) is 9.32 Å². The third-order valence-corrected chi connectivity index (χ3v) is 4.15. The zero-order chi connectivity index (χ0) is 14.3. The molecule has 1 aromatic carbocycles. The molecule has 0 aliphatic carbocycles. The van der Waals surface area contributed by atoms with Crippen molar-refractivity contribution in [2.75, 3.05) is 26.0 Å². The van der Waals surface area contributed by atoms with Crippen LogP contribution in [0, 0.1) is 0 Å². The minimum atomic E-state index is -0.851. The molecule has 4 nitrogen and oxygen atoms in total. The van der Waals surface area contributed by atoms with Crippen LogP contribution in [0.3, 0.4) is 0 Å². The Hall–Kier alpha value is -0.620. The van der Waals surface area contributed by atoms with Gasteiger partial charge in [0.2, 0.25) is 0 Å². The Balaban J connectivity index is 2.21. The molecule has 0 radical (unpaired) electrons. The van der Waals surface area contributed by atoms with Gasteiger partial charge in [-0.05, 0) is 25.1 Å². The van der Waals surface area contributed by atoms with Crippen LogP contribution in [0.25, 0.3) is 0 Å². The summed E-state index contributed by atoms with van der Waals surface area (Å²) in [6, 6.07) is 7.04. The van der Waals surface area contributed by atoms with E-state index in [1.165, 1.54) is 0 Å². The number of halogens is 1. The highest BCUT2D eigenvalue weighted by Gasteiger charge is 2.08. The molecule has 1 rings (SSSR count). The van der Waals surface area contributed by atoms with E-state index in [1.807, 2.05) is 6.92 Å². The monoisotopic (exact) mass is 305 g/mol. The van der Waals surface area contributed by atoms with Gasteiger partial charge in [-0.1, -0.05) is 17.7 Å². The molecule has 2 N–H and O–H groups in total. The molecule has 3 atom stereocenters. The number of rotatable bonds is 8. The van der Waals surface area contributed by atoms with Gasteiger partial charge in [-0.3, -0.25) is 4.21 Å². The van der Waals surface area contributed by atoms with Crippen molar-refractivity contribution < 1.29 is 14.1 Å². The first-order valence-electron chi connectivity index (χ1n) is 6.08. The van der Waals surface area contributed by atoms with E-state index in [2.05, 4.69) is 5.32 Å². The van der Waals surface area contributed by atoms with E-state index < -0.39 is 16.9 Å². The van der Waals surface area contributed by atoms with Gasteiger partial charge in [0.15, 0.2) is 0 Å². The molecule has 0 aromatic heterocycles. The van der Waals surface area contributed by atoms with Crippen LogP contribution in [0.4, 0.5) is 0 Å². The second kappa shape index (κ2) is 8.53. The maximum atomic E-state index is 11.1. The predicted molar refractivity (Wildman–Crippen MR) is 79.4 cm³/mol. The first-order chi connectivity index (χ1) is 8.99. The smallest absolute Gasteiger partial charge is 0.120 e. The number of ether oxygens (including phenoxy) is 1. The lowest BCUT2D eigenvalue weighted by atomic mass is 10.3. The lowest BCUT2D eigenvalue weighted by Crippen LogP contribution is -2.36. The number of benzene rings is 1. The molecule has 0 spiro atoms. The van der Waals surface area contributed by atoms with E-state index in [0.717, 1.165) is 0 Å². The Bertz CT molecular complexity index is 417. The van der Waals surface area contributed by atoms with Crippen LogP contribution in [-0.2, 0) is 10.8 Å². The fourth-order valence-electron chi connectivity index (χ4n) is 1.38. The van der Waals surface area contributed by atoms with Gasteiger partial charge in [0.05, 0.1) is 0 Å². The summed E-state index contributed by atoms with van der Waals surface area (Å²) in [5.74, 6) is 0.634. The van der Waals surface area contributed by atoms with Gasteiger partial charge < -0.3 is 15.2 Å². The van der Waals surface area contributed by atoms with Gasteiger partial charge in [0.1, 0.15) is 18.5 Å². The molecule has 0 saturated heterocycles. The Morgan fingerprint density at radius 1 is 1.47 bits per heavy atom. The van der Waals surface area contributed by atoms with Crippen molar-refractivity contribution in [3.8, 4) is 5.75 Å². The summed E-state index contributed by atoms with van der Waals surface area (Å²) < 4.78 is 16.6. The first kappa shape index (κ1) is 16.4. The standard InChI is InChI=1S/C13H20ClNO3S/c1-10(19(2)17)7-15-8-12(16)9-18-13-5-3-4-11(14)6-13/h3-6,10,12,15-16H,7-9H2,1-2H3. The molecular formula is C13H20ClNO3S. The number of hydrogen-bond donors (Lipinski definition) is 2. The predicted octanol–water partition coefficient (Wildman–Crippen LogP) is 1.44. The molecule has 6 heteroatoms. The molecule has 0 aliphatic heterocycles. The topological polar surface area (TPSA) is 58.6 Å². The molecule has 1 aromatic rings. The van der Waals surface area contributed by atoms with Gasteiger partial charge in [0, 0.05) is 40.4 Å². The van der Waals surface area contributed by atoms with Crippen molar-refractivity contribution in [2.24, 2.45) is 0 Å². The van der Waals surface area contributed by atoms with E-state index in [4.69, 9.17) is 16.3 Å². The van der Waals surface area contributed by atoms with Crippen molar-refractivity contribution in [3.63, 3.8) is 0 Å². The number of hydrogen-bond acceptors (Lipinski definition) is 4. The summed E-state index contributed by atoms with van der Waals surface area (Å²) in [5, 5.41) is 13.5. The average Bonchev–Trinajstić information content (AvgIpc) is 2.36. The van der Waals surface area contributed by atoms with Crippen LogP contribution in [0.15, 0.2) is 24.3 Å². The van der Waals surface area contributed by atoms with E-state index >= 15 is 0 Å². The van der Waals surface area contributed by atoms with Crippen molar-refractivity contribution in [3.05, 3.63) is 29.3 Å². The van der Waals surface area contributed by atoms with Crippen LogP contribution in [-0.4, -0.2) is 46.6 Å². The van der Waals surface area contributed by atoms with E-state index in [-0.39, 0.29) is 11.9 Å². The molecule has 19 heavy (non-hydrogen) atoms. The van der Waals surface area contributed by atoms with Crippen molar-refractivity contribution >= 4 is 22.4 Å². The van der Waals surface area contributed by atoms with Gasteiger partial charge in [-0.15, -0.1) is 0 Å². The van der Waals surface area contributed by atoms with Gasteiger partial charge in [-0.25, -0.2) is 0 Å². The van der Waals surface area contributed by atoms with Crippen molar-refractivity contribution in [1.82, 2.24) is 5.32 Å². The van der Waals surface area contributed by atoms with Gasteiger partial charge in [-0.2, -0.15) is 0 Å². The van der Waals surface area contributed by atoms with Crippen LogP contribution in [0.2, 0.25) is 5.02 Å². The minimum Gasteiger partial charge on any atom is -0.491 e. The van der Waals surface area contributed by atoms with Crippen molar-refractivity contribution in [1.29, 1.82) is 0 Å².